The lowest BCUT2D eigenvalue weighted by Crippen LogP contribution is -2.51. The minimum atomic E-state index is -1.26. The van der Waals surface area contributed by atoms with Crippen molar-refractivity contribution in [2.75, 3.05) is 18.5 Å². The van der Waals surface area contributed by atoms with Gasteiger partial charge >= 0.3 is 12.1 Å². The third-order valence-corrected chi connectivity index (χ3v) is 7.02. The molecule has 1 atom stereocenters. The molecule has 1 aromatic heterocycles. The van der Waals surface area contributed by atoms with Crippen molar-refractivity contribution in [2.24, 2.45) is 7.05 Å². The summed E-state index contributed by atoms with van der Waals surface area (Å²) in [6.07, 6.45) is 0.314. The predicted octanol–water partition coefficient (Wildman–Crippen LogP) is 3.86. The average molecular weight is 475 g/mol. The van der Waals surface area contributed by atoms with Crippen LogP contribution in [-0.2, 0) is 16.6 Å². The number of aliphatic carboxylic acids is 1. The smallest absolute Gasteiger partial charge is 0.412 e. The molecule has 0 spiro atoms. The number of benzene rings is 2. The Bertz CT molecular complexity index is 1290. The minimum absolute atomic E-state index is 0.0714. The zero-order chi connectivity index (χ0) is 24.7. The van der Waals surface area contributed by atoms with E-state index in [1.165, 1.54) is 15.6 Å². The summed E-state index contributed by atoms with van der Waals surface area (Å²) < 4.78 is 6.88. The Hall–Kier alpha value is -4.14. The number of aromatic nitrogens is 2. The van der Waals surface area contributed by atoms with Crippen LogP contribution in [0.25, 0.3) is 11.1 Å². The Labute approximate surface area is 202 Å². The molecule has 0 radical (unpaired) electrons. The quantitative estimate of drug-likeness (QED) is 0.581. The van der Waals surface area contributed by atoms with E-state index in [9.17, 15) is 19.5 Å². The van der Waals surface area contributed by atoms with Crippen molar-refractivity contribution < 1.29 is 24.2 Å². The van der Waals surface area contributed by atoms with E-state index in [2.05, 4.69) is 22.5 Å². The van der Waals surface area contributed by atoms with Gasteiger partial charge < -0.3 is 14.7 Å². The standard InChI is InChI=1S/C26H26N4O5/c1-26(24(32)33)12-7-13-30(26)23(31)21-14-22(28-29(21)2)27-25(34)35-15-20-18-10-5-3-8-16(18)17-9-4-6-11-19(17)20/h3-6,8-11,14,20H,7,12-13,15H2,1-2H3,(H,32,33)(H,27,28,34)/t26-/m0/s1. The highest BCUT2D eigenvalue weighted by atomic mass is 16.5. The molecule has 0 saturated carbocycles. The van der Waals surface area contributed by atoms with Crippen LogP contribution in [0.3, 0.4) is 0 Å². The van der Waals surface area contributed by atoms with E-state index in [1.54, 1.807) is 14.0 Å². The lowest BCUT2D eigenvalue weighted by molar-refractivity contribution is -0.147. The summed E-state index contributed by atoms with van der Waals surface area (Å²) >= 11 is 0. The molecule has 2 N–H and O–H groups in total. The van der Waals surface area contributed by atoms with Crippen molar-refractivity contribution >= 4 is 23.8 Å². The monoisotopic (exact) mass is 474 g/mol. The van der Waals surface area contributed by atoms with Crippen LogP contribution in [0.15, 0.2) is 54.6 Å². The Morgan fingerprint density at radius 1 is 1.11 bits per heavy atom. The number of hydrogen-bond acceptors (Lipinski definition) is 5. The fourth-order valence-electron chi connectivity index (χ4n) is 5.12. The van der Waals surface area contributed by atoms with Crippen LogP contribution in [0.4, 0.5) is 10.6 Å². The van der Waals surface area contributed by atoms with Gasteiger partial charge in [-0.05, 0) is 42.0 Å². The van der Waals surface area contributed by atoms with E-state index in [0.29, 0.717) is 19.4 Å². The maximum Gasteiger partial charge on any atom is 0.412 e. The molecular formula is C26H26N4O5. The number of carbonyl (C=O) groups excluding carboxylic acids is 2. The average Bonchev–Trinajstić information content (AvgIpc) is 3.51. The van der Waals surface area contributed by atoms with E-state index in [1.807, 2.05) is 36.4 Å². The molecule has 0 unspecified atom stereocenters. The van der Waals surface area contributed by atoms with Crippen LogP contribution in [0.1, 0.15) is 47.3 Å². The Morgan fingerprint density at radius 3 is 2.37 bits per heavy atom. The van der Waals surface area contributed by atoms with E-state index >= 15 is 0 Å². The van der Waals surface area contributed by atoms with E-state index in [-0.39, 0.29) is 24.0 Å². The number of nitrogens with zero attached hydrogens (tertiary/aromatic N) is 3. The number of ether oxygens (including phenoxy) is 1. The van der Waals surface area contributed by atoms with Crippen LogP contribution >= 0.6 is 0 Å². The third-order valence-electron chi connectivity index (χ3n) is 7.02. The molecular weight excluding hydrogens is 448 g/mol. The molecule has 1 fully saturated rings. The number of amides is 2. The Kier molecular flexibility index (Phi) is 5.55. The molecule has 35 heavy (non-hydrogen) atoms. The van der Waals surface area contributed by atoms with Gasteiger partial charge in [-0.2, -0.15) is 5.10 Å². The molecule has 2 amide bonds. The minimum Gasteiger partial charge on any atom is -0.480 e. The number of aryl methyl sites for hydroxylation is 1. The van der Waals surface area contributed by atoms with Crippen LogP contribution in [0, 0.1) is 0 Å². The lowest BCUT2D eigenvalue weighted by atomic mass is 9.98. The Morgan fingerprint density at radius 2 is 1.74 bits per heavy atom. The molecule has 2 heterocycles. The second-order valence-corrected chi connectivity index (χ2v) is 9.13. The first kappa shape index (κ1) is 22.6. The summed E-state index contributed by atoms with van der Waals surface area (Å²) in [7, 11) is 1.57. The first-order chi connectivity index (χ1) is 16.8. The lowest BCUT2D eigenvalue weighted by Gasteiger charge is -2.31. The van der Waals surface area contributed by atoms with Crippen LogP contribution in [0.2, 0.25) is 0 Å². The van der Waals surface area contributed by atoms with Gasteiger partial charge in [0.1, 0.15) is 17.8 Å². The molecule has 3 aromatic rings. The van der Waals surface area contributed by atoms with Gasteiger partial charge in [0.05, 0.1) is 0 Å². The predicted molar refractivity (Wildman–Crippen MR) is 128 cm³/mol. The van der Waals surface area contributed by atoms with Gasteiger partial charge in [0.2, 0.25) is 0 Å². The van der Waals surface area contributed by atoms with E-state index in [4.69, 9.17) is 4.74 Å². The zero-order valence-electron chi connectivity index (χ0n) is 19.5. The van der Waals surface area contributed by atoms with Gasteiger partial charge in [0.25, 0.3) is 5.91 Å². The van der Waals surface area contributed by atoms with E-state index < -0.39 is 23.5 Å². The molecule has 2 aliphatic rings. The molecule has 2 aromatic carbocycles. The summed E-state index contributed by atoms with van der Waals surface area (Å²) in [5.41, 5.74) is 3.43. The number of rotatable bonds is 5. The largest absolute Gasteiger partial charge is 0.480 e. The number of likely N-dealkylation sites (tertiary alicyclic amines) is 1. The first-order valence-electron chi connectivity index (χ1n) is 11.5. The third kappa shape index (κ3) is 3.82. The normalized spacial score (nSPS) is 18.7. The van der Waals surface area contributed by atoms with Gasteiger partial charge in [-0.1, -0.05) is 48.5 Å². The molecule has 1 aliphatic heterocycles. The van der Waals surface area contributed by atoms with Gasteiger partial charge in [0, 0.05) is 25.6 Å². The zero-order valence-corrected chi connectivity index (χ0v) is 19.5. The van der Waals surface area contributed by atoms with Gasteiger partial charge in [-0.15, -0.1) is 0 Å². The number of carboxylic acids is 1. The summed E-state index contributed by atoms with van der Waals surface area (Å²) in [6, 6.07) is 17.6. The second kappa shape index (κ2) is 8.57. The highest BCUT2D eigenvalue weighted by Crippen LogP contribution is 2.44. The summed E-state index contributed by atoms with van der Waals surface area (Å²) in [5.74, 6) is -1.40. The molecule has 1 aliphatic carbocycles. The number of carbonyl (C=O) groups is 3. The van der Waals surface area contributed by atoms with Crippen molar-refractivity contribution in [1.82, 2.24) is 14.7 Å². The first-order valence-corrected chi connectivity index (χ1v) is 11.5. The highest BCUT2D eigenvalue weighted by molar-refractivity contribution is 5.98. The number of fused-ring (bicyclic) bond motifs is 3. The maximum atomic E-state index is 13.1. The number of carboxylic acid groups (broad SMARTS) is 1. The fourth-order valence-corrected chi connectivity index (χ4v) is 5.12. The molecule has 9 nitrogen and oxygen atoms in total. The summed E-state index contributed by atoms with van der Waals surface area (Å²) in [4.78, 5) is 38.8. The van der Waals surface area contributed by atoms with Gasteiger partial charge in [-0.3, -0.25) is 14.8 Å². The topological polar surface area (TPSA) is 114 Å². The summed E-state index contributed by atoms with van der Waals surface area (Å²) in [6.45, 7) is 2.05. The maximum absolute atomic E-state index is 13.1. The highest BCUT2D eigenvalue weighted by Gasteiger charge is 2.46. The summed E-state index contributed by atoms with van der Waals surface area (Å²) in [5, 5.41) is 16.4. The van der Waals surface area contributed by atoms with Gasteiger partial charge in [0.15, 0.2) is 5.82 Å². The number of nitrogens with one attached hydrogen (secondary N) is 1. The van der Waals surface area contributed by atoms with Crippen molar-refractivity contribution in [3.8, 4) is 11.1 Å². The fraction of sp³-hybridized carbons (Fsp3) is 0.308. The van der Waals surface area contributed by atoms with E-state index in [0.717, 1.165) is 22.3 Å². The van der Waals surface area contributed by atoms with Crippen LogP contribution in [-0.4, -0.2) is 56.4 Å². The Balaban J connectivity index is 1.27. The van der Waals surface area contributed by atoms with Crippen molar-refractivity contribution in [1.29, 1.82) is 0 Å². The number of hydrogen-bond donors (Lipinski definition) is 2. The van der Waals surface area contributed by atoms with Gasteiger partial charge in [-0.25, -0.2) is 9.59 Å². The van der Waals surface area contributed by atoms with Crippen LogP contribution in [0.5, 0.6) is 0 Å². The molecule has 5 rings (SSSR count). The van der Waals surface area contributed by atoms with Crippen molar-refractivity contribution in [3.05, 3.63) is 71.4 Å². The second-order valence-electron chi connectivity index (χ2n) is 9.13. The molecule has 180 valence electrons. The molecule has 0 bridgehead atoms. The SMILES string of the molecule is Cn1nc(NC(=O)OCC2c3ccccc3-c3ccccc32)cc1C(=O)N1CCC[C@@]1(C)C(=O)O. The van der Waals surface area contributed by atoms with Crippen molar-refractivity contribution in [3.63, 3.8) is 0 Å². The van der Waals surface area contributed by atoms with Crippen molar-refractivity contribution in [2.45, 2.75) is 31.2 Å². The number of anilines is 1. The van der Waals surface area contributed by atoms with Crippen LogP contribution < -0.4 is 5.32 Å². The molecule has 1 saturated heterocycles. The molecule has 9 heteroatoms.